The molecule has 69 heavy (non-hydrogen) atoms. The molecule has 3 heterocycles. The number of fused-ring (bicyclic) bond motifs is 1. The molecule has 1 N–H and O–H groups in total. The Hall–Kier alpha value is -6.04. The van der Waals surface area contributed by atoms with Gasteiger partial charge in [-0.15, -0.1) is 0 Å². The monoisotopic (exact) mass is 1010 g/mol. The number of imidazole rings is 1. The SMILES string of the molecule is COc1ccc(C(OC[C@@]2([Se]c3ccccc3)O[C@@H](n3cnc4c(NC(=O)c5ccccc5)ncnc43)C[C@@H]2OP(OCCC#N)N(C(C)C)C(C)C)(c2ccccc2)c2ccc(OC)cc2)cc1. The first kappa shape index (κ1) is 49.4. The third-order valence-corrected chi connectivity index (χ3v) is 16.7. The molecule has 4 atom stereocenters. The van der Waals surface area contributed by atoms with Crippen LogP contribution in [0.25, 0.3) is 11.2 Å². The molecule has 1 aliphatic heterocycles. The van der Waals surface area contributed by atoms with Gasteiger partial charge >= 0.3 is 407 Å². The predicted octanol–water partition coefficient (Wildman–Crippen LogP) is 9.41. The van der Waals surface area contributed by atoms with Crippen LogP contribution in [0.3, 0.4) is 0 Å². The van der Waals surface area contributed by atoms with E-state index >= 15 is 0 Å². The number of rotatable bonds is 21. The second kappa shape index (κ2) is 22.6. The molecule has 1 amide bonds. The number of nitriles is 1. The van der Waals surface area contributed by atoms with Crippen molar-refractivity contribution < 1.29 is 32.8 Å². The molecule has 1 unspecified atom stereocenters. The fourth-order valence-corrected chi connectivity index (χ4v) is 13.1. The summed E-state index contributed by atoms with van der Waals surface area (Å²) in [5.74, 6) is 1.36. The first-order chi connectivity index (χ1) is 33.6. The number of nitrogens with one attached hydrogen (secondary N) is 1. The van der Waals surface area contributed by atoms with Gasteiger partial charge < -0.3 is 0 Å². The Morgan fingerprint density at radius 3 is 2.00 bits per heavy atom. The van der Waals surface area contributed by atoms with Crippen LogP contribution in [0.1, 0.15) is 73.8 Å². The second-order valence-electron chi connectivity index (χ2n) is 16.8. The van der Waals surface area contributed by atoms with Crippen molar-refractivity contribution in [3.05, 3.63) is 174 Å². The molecule has 0 aliphatic carbocycles. The van der Waals surface area contributed by atoms with E-state index in [2.05, 4.69) is 73.0 Å². The van der Waals surface area contributed by atoms with Gasteiger partial charge in [-0.25, -0.2) is 0 Å². The predicted molar refractivity (Wildman–Crippen MR) is 267 cm³/mol. The van der Waals surface area contributed by atoms with Gasteiger partial charge in [-0.1, -0.05) is 6.07 Å². The van der Waals surface area contributed by atoms with E-state index in [4.69, 9.17) is 38.0 Å². The summed E-state index contributed by atoms with van der Waals surface area (Å²) in [4.78, 5) is 27.3. The van der Waals surface area contributed by atoms with Crippen LogP contribution >= 0.6 is 8.53 Å². The number of anilines is 1. The summed E-state index contributed by atoms with van der Waals surface area (Å²) in [5.41, 5.74) is 2.78. The topological polar surface area (TPSA) is 155 Å². The Bertz CT molecular complexity index is 2740. The maximum atomic E-state index is 13.4. The minimum absolute atomic E-state index is 0.0382. The fourth-order valence-electron chi connectivity index (χ4n) is 8.55. The fraction of sp³-hybridized carbons (Fsp3) is 0.302. The number of aromatic nitrogens is 4. The van der Waals surface area contributed by atoms with Crippen LogP contribution in [-0.4, -0.2) is 95.2 Å². The van der Waals surface area contributed by atoms with Crippen molar-refractivity contribution in [2.24, 2.45) is 0 Å². The molecule has 0 saturated carbocycles. The number of carbonyl (C=O) groups is 1. The van der Waals surface area contributed by atoms with E-state index in [0.29, 0.717) is 34.6 Å². The molecule has 0 bridgehead atoms. The number of amides is 1. The van der Waals surface area contributed by atoms with Gasteiger partial charge in [0.15, 0.2) is 0 Å². The van der Waals surface area contributed by atoms with Crippen molar-refractivity contribution in [2.45, 2.75) is 75.1 Å². The molecule has 7 aromatic rings. The molecule has 356 valence electrons. The number of methoxy groups -OCH3 is 2. The molecule has 14 nitrogen and oxygen atoms in total. The quantitative estimate of drug-likeness (QED) is 0.0316. The van der Waals surface area contributed by atoms with Crippen LogP contribution in [0.5, 0.6) is 11.5 Å². The van der Waals surface area contributed by atoms with Gasteiger partial charge in [0.25, 0.3) is 0 Å². The van der Waals surface area contributed by atoms with Gasteiger partial charge in [0.05, 0.1) is 0 Å². The standard InChI is InChI=1S/C53H56N7O7PSe/c1-37(2)60(38(3)4)68(65-32-16-31-54)67-46-33-47(59-36-57-48-49(55-35-56-50(48)59)58-51(61)39-17-10-7-11-18-39)66-52(46,69-45-21-14-9-15-22-45)34-64-53(40-19-12-8-13-20-40,41-23-27-43(62-5)28-24-41)42-25-29-44(63-6)30-26-42/h7-15,17-30,35-38,46-47H,16,32-34H2,1-6H3,(H,55,56,58,61)/t46-,47+,52-,68?/m0/s1. The minimum atomic E-state index is -1.76. The van der Waals surface area contributed by atoms with E-state index in [-0.39, 0.29) is 43.4 Å². The zero-order valence-corrected chi connectivity index (χ0v) is 42.1. The summed E-state index contributed by atoms with van der Waals surface area (Å²) in [6.45, 7) is 8.71. The Morgan fingerprint density at radius 1 is 0.841 bits per heavy atom. The maximum absolute atomic E-state index is 13.4. The van der Waals surface area contributed by atoms with Gasteiger partial charge in [0.2, 0.25) is 0 Å². The van der Waals surface area contributed by atoms with Gasteiger partial charge in [0.1, 0.15) is 0 Å². The summed E-state index contributed by atoms with van der Waals surface area (Å²) < 4.78 is 44.8. The van der Waals surface area contributed by atoms with Crippen molar-refractivity contribution in [1.82, 2.24) is 24.2 Å². The van der Waals surface area contributed by atoms with Gasteiger partial charge in [-0.05, 0) is 0 Å². The Kier molecular flexibility index (Phi) is 16.2. The second-order valence-corrected chi connectivity index (χ2v) is 21.1. The summed E-state index contributed by atoms with van der Waals surface area (Å²) in [6.07, 6.45) is 2.30. The van der Waals surface area contributed by atoms with Crippen LogP contribution in [0.15, 0.2) is 152 Å². The molecule has 1 saturated heterocycles. The molecule has 8 rings (SSSR count). The van der Waals surface area contributed by atoms with Crippen LogP contribution in [0.2, 0.25) is 0 Å². The number of nitrogens with zero attached hydrogens (tertiary/aromatic N) is 6. The number of ether oxygens (including phenoxy) is 4. The van der Waals surface area contributed by atoms with Crippen molar-refractivity contribution in [3.63, 3.8) is 0 Å². The average Bonchev–Trinajstić information content (AvgIpc) is 3.97. The molecular weight excluding hydrogens is 957 g/mol. The molecular formula is C53H56N7O7PSe. The van der Waals surface area contributed by atoms with Crippen LogP contribution in [0.4, 0.5) is 5.82 Å². The zero-order chi connectivity index (χ0) is 48.4. The van der Waals surface area contributed by atoms with Crippen molar-refractivity contribution in [1.29, 1.82) is 5.26 Å². The molecule has 1 aliphatic rings. The zero-order valence-electron chi connectivity index (χ0n) is 39.5. The normalized spacial score (nSPS) is 17.6. The van der Waals surface area contributed by atoms with Gasteiger partial charge in [-0.2, -0.15) is 0 Å². The Balaban J connectivity index is 1.29. The summed E-state index contributed by atoms with van der Waals surface area (Å²) in [7, 11) is 1.54. The molecule has 1 fully saturated rings. The molecule has 0 spiro atoms. The molecule has 16 heteroatoms. The average molecular weight is 1010 g/mol. The van der Waals surface area contributed by atoms with Crippen LogP contribution in [0, 0.1) is 11.3 Å². The van der Waals surface area contributed by atoms with E-state index in [0.717, 1.165) is 21.2 Å². The van der Waals surface area contributed by atoms with Gasteiger partial charge in [0, 0.05) is 0 Å². The van der Waals surface area contributed by atoms with E-state index in [1.54, 1.807) is 32.7 Å². The number of hydrogen-bond acceptors (Lipinski definition) is 12. The molecule has 0 radical (unpaired) electrons. The Morgan fingerprint density at radius 2 is 1.42 bits per heavy atom. The third-order valence-electron chi connectivity index (χ3n) is 11.8. The van der Waals surface area contributed by atoms with E-state index < -0.39 is 45.9 Å². The van der Waals surface area contributed by atoms with Crippen molar-refractivity contribution >= 4 is 50.8 Å². The first-order valence-electron chi connectivity index (χ1n) is 22.8. The number of hydrogen-bond donors (Lipinski definition) is 1. The number of carbonyl (C=O) groups excluding carboxylic acids is 1. The van der Waals surface area contributed by atoms with E-state index in [1.807, 2.05) is 108 Å². The van der Waals surface area contributed by atoms with E-state index in [1.165, 1.54) is 6.33 Å². The molecule has 2 aromatic heterocycles. The van der Waals surface area contributed by atoms with Crippen molar-refractivity contribution in [3.8, 4) is 17.6 Å². The number of benzene rings is 5. The summed E-state index contributed by atoms with van der Waals surface area (Å²) in [6, 6.07) is 47.6. The molecule has 5 aromatic carbocycles. The van der Waals surface area contributed by atoms with E-state index in [9.17, 15) is 10.1 Å². The Labute approximate surface area is 411 Å². The van der Waals surface area contributed by atoms with Crippen LogP contribution in [-0.2, 0) is 24.1 Å². The summed E-state index contributed by atoms with van der Waals surface area (Å²) >= 11 is -0.482. The third kappa shape index (κ3) is 10.9. The first-order valence-corrected chi connectivity index (χ1v) is 25.6. The summed E-state index contributed by atoms with van der Waals surface area (Å²) in [5, 5.41) is 12.6. The van der Waals surface area contributed by atoms with Crippen LogP contribution < -0.4 is 19.3 Å². The van der Waals surface area contributed by atoms with Crippen molar-refractivity contribution in [2.75, 3.05) is 32.8 Å². The van der Waals surface area contributed by atoms with Gasteiger partial charge in [-0.3, -0.25) is 0 Å².